The van der Waals surface area contributed by atoms with E-state index in [1.165, 1.54) is 32.0 Å². The fraction of sp³-hybridized carbons (Fsp3) is 0.316. The van der Waals surface area contributed by atoms with Crippen molar-refractivity contribution in [3.05, 3.63) is 65.0 Å². The summed E-state index contributed by atoms with van der Waals surface area (Å²) >= 11 is 0. The smallest absolute Gasteiger partial charge is 0.416 e. The van der Waals surface area contributed by atoms with Crippen molar-refractivity contribution in [2.24, 2.45) is 0 Å². The predicted molar refractivity (Wildman–Crippen MR) is 88.8 cm³/mol. The Balaban J connectivity index is 1.97. The number of aliphatic hydroxyl groups is 1. The number of rotatable bonds is 2. The second-order valence-electron chi connectivity index (χ2n) is 6.86. The lowest BCUT2D eigenvalue weighted by Crippen LogP contribution is -2.53. The van der Waals surface area contributed by atoms with Crippen LogP contribution in [0.2, 0.25) is 0 Å². The maximum atomic E-state index is 13.0. The lowest BCUT2D eigenvalue weighted by atomic mass is 9.86. The Hall–Kier alpha value is -2.61. The van der Waals surface area contributed by atoms with Crippen LogP contribution in [0.4, 0.5) is 17.6 Å². The molecular weight excluding hydrogens is 366 g/mol. The third kappa shape index (κ3) is 3.75. The number of hydrogen-bond donors (Lipinski definition) is 2. The molecule has 0 saturated carbocycles. The SMILES string of the molecule is CC1(C)Oc2cc(C(F)(F)F)ccc2[C@H](NC(=O)c2ccc(F)cc2)[C@H]1O. The van der Waals surface area contributed by atoms with Crippen molar-refractivity contribution in [2.45, 2.75) is 37.8 Å². The molecule has 0 fully saturated rings. The van der Waals surface area contributed by atoms with E-state index < -0.39 is 41.2 Å². The number of amides is 1. The molecular formula is C19H17F4NO3. The van der Waals surface area contributed by atoms with Crippen LogP contribution in [0.1, 0.15) is 41.4 Å². The van der Waals surface area contributed by atoms with Gasteiger partial charge in [0.1, 0.15) is 23.3 Å². The van der Waals surface area contributed by atoms with E-state index in [0.717, 1.165) is 24.3 Å². The van der Waals surface area contributed by atoms with Crippen LogP contribution in [-0.4, -0.2) is 22.7 Å². The topological polar surface area (TPSA) is 58.6 Å². The van der Waals surface area contributed by atoms with Crippen LogP contribution in [0.25, 0.3) is 0 Å². The summed E-state index contributed by atoms with van der Waals surface area (Å²) in [5, 5.41) is 13.2. The fourth-order valence-electron chi connectivity index (χ4n) is 2.95. The average molecular weight is 383 g/mol. The standard InChI is InChI=1S/C19H17F4NO3/c1-18(2)16(25)15(24-17(26)10-3-6-12(20)7-4-10)13-8-5-11(19(21,22)23)9-14(13)27-18/h3-9,15-16,25H,1-2H3,(H,24,26)/t15-,16+/m0/s1. The molecule has 2 N–H and O–H groups in total. The summed E-state index contributed by atoms with van der Waals surface area (Å²) in [6, 6.07) is 6.66. The molecule has 2 atom stereocenters. The number of benzene rings is 2. The van der Waals surface area contributed by atoms with Gasteiger partial charge in [-0.3, -0.25) is 4.79 Å². The zero-order valence-corrected chi connectivity index (χ0v) is 14.5. The van der Waals surface area contributed by atoms with Gasteiger partial charge in [-0.15, -0.1) is 0 Å². The largest absolute Gasteiger partial charge is 0.485 e. The first-order chi connectivity index (χ1) is 12.5. The Morgan fingerprint density at radius 3 is 2.37 bits per heavy atom. The summed E-state index contributed by atoms with van der Waals surface area (Å²) in [4.78, 5) is 12.5. The molecule has 0 bridgehead atoms. The van der Waals surface area contributed by atoms with Gasteiger partial charge in [0.25, 0.3) is 5.91 Å². The quantitative estimate of drug-likeness (QED) is 0.775. The molecule has 2 aromatic rings. The number of fused-ring (bicyclic) bond motifs is 1. The van der Waals surface area contributed by atoms with Gasteiger partial charge in [0.05, 0.1) is 11.6 Å². The normalized spacial score (nSPS) is 21.1. The molecule has 0 saturated heterocycles. The third-order valence-corrected chi connectivity index (χ3v) is 4.47. The van der Waals surface area contributed by atoms with Gasteiger partial charge in [-0.1, -0.05) is 6.07 Å². The van der Waals surface area contributed by atoms with E-state index >= 15 is 0 Å². The molecule has 1 amide bonds. The molecule has 2 aromatic carbocycles. The molecule has 4 nitrogen and oxygen atoms in total. The monoisotopic (exact) mass is 383 g/mol. The highest BCUT2D eigenvalue weighted by Gasteiger charge is 2.44. The van der Waals surface area contributed by atoms with E-state index in [4.69, 9.17) is 4.74 Å². The summed E-state index contributed by atoms with van der Waals surface area (Å²) in [6.07, 6.45) is -5.77. The number of alkyl halides is 3. The molecule has 0 aliphatic carbocycles. The first-order valence-corrected chi connectivity index (χ1v) is 8.14. The summed E-state index contributed by atoms with van der Waals surface area (Å²) in [5.74, 6) is -1.17. The van der Waals surface area contributed by atoms with E-state index in [1.807, 2.05) is 0 Å². The number of ether oxygens (including phenoxy) is 1. The minimum absolute atomic E-state index is 0.0652. The Bertz CT molecular complexity index is 862. The van der Waals surface area contributed by atoms with Crippen LogP contribution >= 0.6 is 0 Å². The molecule has 8 heteroatoms. The Morgan fingerprint density at radius 1 is 1.15 bits per heavy atom. The maximum Gasteiger partial charge on any atom is 0.416 e. The molecule has 0 unspecified atom stereocenters. The van der Waals surface area contributed by atoms with Crippen molar-refractivity contribution >= 4 is 5.91 Å². The highest BCUT2D eigenvalue weighted by atomic mass is 19.4. The molecule has 0 spiro atoms. The minimum atomic E-state index is -4.55. The van der Waals surface area contributed by atoms with E-state index in [9.17, 15) is 27.5 Å². The Morgan fingerprint density at radius 2 is 1.78 bits per heavy atom. The second-order valence-corrected chi connectivity index (χ2v) is 6.86. The average Bonchev–Trinajstić information content (AvgIpc) is 2.57. The Labute approximate surface area is 152 Å². The lowest BCUT2D eigenvalue weighted by molar-refractivity contribution is -0.138. The summed E-state index contributed by atoms with van der Waals surface area (Å²) < 4.78 is 57.5. The van der Waals surface area contributed by atoms with Gasteiger partial charge < -0.3 is 15.2 Å². The highest BCUT2D eigenvalue weighted by Crippen LogP contribution is 2.42. The van der Waals surface area contributed by atoms with Gasteiger partial charge in [0, 0.05) is 11.1 Å². The number of hydrogen-bond acceptors (Lipinski definition) is 3. The maximum absolute atomic E-state index is 13.0. The first kappa shape index (κ1) is 19.2. The van der Waals surface area contributed by atoms with Crippen molar-refractivity contribution in [1.29, 1.82) is 0 Å². The van der Waals surface area contributed by atoms with E-state index in [0.29, 0.717) is 0 Å². The fourth-order valence-corrected chi connectivity index (χ4v) is 2.95. The van der Waals surface area contributed by atoms with Crippen LogP contribution in [0, 0.1) is 5.82 Å². The molecule has 1 aliphatic rings. The van der Waals surface area contributed by atoms with Crippen molar-refractivity contribution < 1.29 is 32.2 Å². The van der Waals surface area contributed by atoms with Crippen molar-refractivity contribution in [1.82, 2.24) is 5.32 Å². The third-order valence-electron chi connectivity index (χ3n) is 4.47. The first-order valence-electron chi connectivity index (χ1n) is 8.14. The van der Waals surface area contributed by atoms with Crippen molar-refractivity contribution in [3.8, 4) is 5.75 Å². The molecule has 0 aromatic heterocycles. The van der Waals surface area contributed by atoms with Gasteiger partial charge in [0.2, 0.25) is 0 Å². The summed E-state index contributed by atoms with van der Waals surface area (Å²) in [5.41, 5.74) is -1.75. The number of halogens is 4. The highest BCUT2D eigenvalue weighted by molar-refractivity contribution is 5.94. The molecule has 1 aliphatic heterocycles. The lowest BCUT2D eigenvalue weighted by Gasteiger charge is -2.42. The summed E-state index contributed by atoms with van der Waals surface area (Å²) in [7, 11) is 0. The molecule has 27 heavy (non-hydrogen) atoms. The van der Waals surface area contributed by atoms with E-state index in [1.54, 1.807) is 0 Å². The second kappa shape index (κ2) is 6.53. The molecule has 144 valence electrons. The van der Waals surface area contributed by atoms with Crippen molar-refractivity contribution in [3.63, 3.8) is 0 Å². The van der Waals surface area contributed by atoms with Crippen LogP contribution in [-0.2, 0) is 6.18 Å². The zero-order valence-electron chi connectivity index (χ0n) is 14.5. The van der Waals surface area contributed by atoms with Crippen LogP contribution in [0.5, 0.6) is 5.75 Å². The number of aliphatic hydroxyl groups excluding tert-OH is 1. The van der Waals surface area contributed by atoms with Crippen LogP contribution < -0.4 is 10.1 Å². The van der Waals surface area contributed by atoms with Gasteiger partial charge in [-0.2, -0.15) is 13.2 Å². The van der Waals surface area contributed by atoms with Gasteiger partial charge in [-0.25, -0.2) is 4.39 Å². The van der Waals surface area contributed by atoms with Gasteiger partial charge >= 0.3 is 6.18 Å². The minimum Gasteiger partial charge on any atom is -0.485 e. The number of nitrogens with one attached hydrogen (secondary N) is 1. The Kier molecular flexibility index (Phi) is 4.63. The molecule has 3 rings (SSSR count). The zero-order chi connectivity index (χ0) is 20.0. The molecule has 1 heterocycles. The van der Waals surface area contributed by atoms with E-state index in [2.05, 4.69) is 5.32 Å². The van der Waals surface area contributed by atoms with Gasteiger partial charge in [0.15, 0.2) is 0 Å². The van der Waals surface area contributed by atoms with E-state index in [-0.39, 0.29) is 16.9 Å². The number of carbonyl (C=O) groups excluding carboxylic acids is 1. The van der Waals surface area contributed by atoms with Gasteiger partial charge in [-0.05, 0) is 50.2 Å². The summed E-state index contributed by atoms with van der Waals surface area (Å²) in [6.45, 7) is 3.02. The molecule has 0 radical (unpaired) electrons. The predicted octanol–water partition coefficient (Wildman–Crippen LogP) is 3.85. The van der Waals surface area contributed by atoms with Crippen molar-refractivity contribution in [2.75, 3.05) is 0 Å². The number of carbonyl (C=O) groups is 1. The van der Waals surface area contributed by atoms with Crippen LogP contribution in [0.15, 0.2) is 42.5 Å². The van der Waals surface area contributed by atoms with Crippen LogP contribution in [0.3, 0.4) is 0 Å².